The Kier molecular flexibility index (Phi) is 5.79. The van der Waals surface area contributed by atoms with Crippen LogP contribution in [-0.2, 0) is 16.0 Å². The van der Waals surface area contributed by atoms with Crippen LogP contribution >= 0.6 is 27.3 Å². The zero-order valence-corrected chi connectivity index (χ0v) is 16.1. The van der Waals surface area contributed by atoms with E-state index in [0.717, 1.165) is 10.0 Å². The highest BCUT2D eigenvalue weighted by Crippen LogP contribution is 2.27. The van der Waals surface area contributed by atoms with Crippen molar-refractivity contribution in [2.24, 2.45) is 4.99 Å². The van der Waals surface area contributed by atoms with Gasteiger partial charge in [-0.2, -0.15) is 0 Å². The predicted molar refractivity (Wildman–Crippen MR) is 101 cm³/mol. The molecular formula is C17H14BrN3O4S. The van der Waals surface area contributed by atoms with Crippen molar-refractivity contribution in [1.29, 1.82) is 0 Å². The smallest absolute Gasteiger partial charge is 0.312 e. The Morgan fingerprint density at radius 3 is 2.88 bits per heavy atom. The molecule has 0 aliphatic heterocycles. The minimum atomic E-state index is -0.332. The molecule has 2 aromatic heterocycles. The highest BCUT2D eigenvalue weighted by Gasteiger charge is 2.13. The summed E-state index contributed by atoms with van der Waals surface area (Å²) >= 11 is 4.63. The van der Waals surface area contributed by atoms with Gasteiger partial charge in [0.25, 0.3) is 0 Å². The molecule has 0 atom stereocenters. The number of ether oxygens (including phenoxy) is 1. The van der Waals surface area contributed by atoms with Crippen LogP contribution in [0.4, 0.5) is 5.13 Å². The van der Waals surface area contributed by atoms with E-state index in [4.69, 9.17) is 9.15 Å². The molecule has 0 bridgehead atoms. The average molecular weight is 436 g/mol. The molecule has 0 saturated carbocycles. The van der Waals surface area contributed by atoms with Gasteiger partial charge < -0.3 is 14.3 Å². The minimum Gasteiger partial charge on any atom is -0.479 e. The molecule has 3 rings (SSSR count). The van der Waals surface area contributed by atoms with E-state index < -0.39 is 0 Å². The molecule has 0 amide bonds. The summed E-state index contributed by atoms with van der Waals surface area (Å²) in [4.78, 5) is 24.1. The topological polar surface area (TPSA) is 97.8 Å². The molecule has 3 aromatic rings. The number of hydrogen-bond donors (Lipinski definition) is 1. The lowest BCUT2D eigenvalue weighted by Crippen LogP contribution is -2.07. The molecule has 0 radical (unpaired) electrons. The fourth-order valence-electron chi connectivity index (χ4n) is 2.04. The third-order valence-corrected chi connectivity index (χ3v) is 4.52. The van der Waals surface area contributed by atoms with Crippen LogP contribution in [0.5, 0.6) is 5.95 Å². The Balaban J connectivity index is 1.72. The van der Waals surface area contributed by atoms with Gasteiger partial charge in [0.1, 0.15) is 0 Å². The second-order valence-corrected chi connectivity index (χ2v) is 6.83. The van der Waals surface area contributed by atoms with E-state index in [1.165, 1.54) is 17.6 Å². The van der Waals surface area contributed by atoms with Gasteiger partial charge in [-0.15, -0.1) is 11.3 Å². The lowest BCUT2D eigenvalue weighted by Gasteiger charge is -1.97. The summed E-state index contributed by atoms with van der Waals surface area (Å²) in [6, 6.07) is 7.34. The van der Waals surface area contributed by atoms with Gasteiger partial charge in [-0.05, 0) is 31.2 Å². The first-order chi connectivity index (χ1) is 12.5. The van der Waals surface area contributed by atoms with Gasteiger partial charge in [0.15, 0.2) is 5.69 Å². The lowest BCUT2D eigenvalue weighted by molar-refractivity contribution is -0.142. The van der Waals surface area contributed by atoms with E-state index in [-0.39, 0.29) is 24.0 Å². The summed E-state index contributed by atoms with van der Waals surface area (Å²) < 4.78 is 11.1. The minimum absolute atomic E-state index is 0.1000. The largest absolute Gasteiger partial charge is 0.479 e. The molecule has 0 aliphatic rings. The third-order valence-electron chi connectivity index (χ3n) is 3.19. The van der Waals surface area contributed by atoms with Gasteiger partial charge >= 0.3 is 11.9 Å². The molecule has 2 heterocycles. The van der Waals surface area contributed by atoms with Crippen molar-refractivity contribution in [1.82, 2.24) is 9.97 Å². The number of aromatic nitrogens is 2. The summed E-state index contributed by atoms with van der Waals surface area (Å²) in [5.41, 5.74) is 1.51. The fraction of sp³-hybridized carbons (Fsp3) is 0.176. The maximum Gasteiger partial charge on any atom is 0.312 e. The summed E-state index contributed by atoms with van der Waals surface area (Å²) in [7, 11) is 0. The number of nitrogens with zero attached hydrogens (tertiary/aromatic N) is 3. The maximum absolute atomic E-state index is 11.4. The van der Waals surface area contributed by atoms with E-state index in [2.05, 4.69) is 30.9 Å². The number of oxazole rings is 1. The number of aliphatic imine (C=N–C) groups is 1. The molecule has 9 heteroatoms. The maximum atomic E-state index is 11.4. The number of rotatable bonds is 6. The number of carbonyl (C=O) groups excluding carboxylic acids is 1. The van der Waals surface area contributed by atoms with Crippen molar-refractivity contribution in [3.8, 4) is 17.4 Å². The second-order valence-electron chi connectivity index (χ2n) is 5.08. The molecule has 26 heavy (non-hydrogen) atoms. The highest BCUT2D eigenvalue weighted by atomic mass is 79.9. The molecule has 0 fully saturated rings. The molecule has 1 aromatic carbocycles. The second kappa shape index (κ2) is 8.24. The van der Waals surface area contributed by atoms with E-state index >= 15 is 0 Å². The van der Waals surface area contributed by atoms with Gasteiger partial charge in [0.05, 0.1) is 24.9 Å². The van der Waals surface area contributed by atoms with Crippen LogP contribution in [0.2, 0.25) is 0 Å². The normalized spacial score (nSPS) is 11.2. The van der Waals surface area contributed by atoms with Gasteiger partial charge in [-0.1, -0.05) is 15.9 Å². The summed E-state index contributed by atoms with van der Waals surface area (Å²) in [6.07, 6.45) is 1.47. The van der Waals surface area contributed by atoms with Crippen LogP contribution in [-0.4, -0.2) is 33.9 Å². The van der Waals surface area contributed by atoms with Gasteiger partial charge in [-0.25, -0.2) is 15.0 Å². The Bertz CT molecular complexity index is 934. The van der Waals surface area contributed by atoms with Gasteiger partial charge in [0, 0.05) is 15.4 Å². The lowest BCUT2D eigenvalue weighted by atomic mass is 10.2. The zero-order chi connectivity index (χ0) is 18.5. The van der Waals surface area contributed by atoms with Crippen LogP contribution in [0.3, 0.4) is 0 Å². The molecule has 1 N–H and O–H groups in total. The first-order valence-corrected chi connectivity index (χ1v) is 9.32. The van der Waals surface area contributed by atoms with Crippen molar-refractivity contribution in [2.75, 3.05) is 6.61 Å². The molecule has 134 valence electrons. The quantitative estimate of drug-likeness (QED) is 0.461. The fourth-order valence-corrected chi connectivity index (χ4v) is 2.96. The first kappa shape index (κ1) is 18.3. The van der Waals surface area contributed by atoms with Crippen LogP contribution in [0.25, 0.3) is 11.5 Å². The Hall–Kier alpha value is -2.52. The van der Waals surface area contributed by atoms with E-state index in [0.29, 0.717) is 23.3 Å². The standard InChI is InChI=1S/C17H14BrN3O4S/c1-2-24-14(22)7-12-9-26-17(20-12)19-8-13-16(23)25-15(21-13)10-3-5-11(18)6-4-10/h3-6,8-9,23H,2,7H2,1H3/b19-8+. The summed E-state index contributed by atoms with van der Waals surface area (Å²) in [5, 5.41) is 12.1. The number of aromatic hydroxyl groups is 1. The van der Waals surface area contributed by atoms with Crippen molar-refractivity contribution < 1.29 is 19.1 Å². The number of hydrogen-bond acceptors (Lipinski definition) is 8. The summed E-state index contributed by atoms with van der Waals surface area (Å²) in [6.45, 7) is 2.09. The Morgan fingerprint density at radius 2 is 2.15 bits per heavy atom. The van der Waals surface area contributed by atoms with Crippen LogP contribution in [0, 0.1) is 0 Å². The number of halogens is 1. The van der Waals surface area contributed by atoms with Gasteiger partial charge in [-0.3, -0.25) is 4.79 Å². The third kappa shape index (κ3) is 4.55. The Morgan fingerprint density at radius 1 is 1.38 bits per heavy atom. The van der Waals surface area contributed by atoms with Crippen molar-refractivity contribution >= 4 is 44.6 Å². The zero-order valence-electron chi connectivity index (χ0n) is 13.7. The SMILES string of the molecule is CCOC(=O)Cc1csc(/N=C/c2nc(-c3ccc(Br)cc3)oc2O)n1. The molecule has 0 aliphatic carbocycles. The number of thiazole rings is 1. The first-order valence-electron chi connectivity index (χ1n) is 7.65. The van der Waals surface area contributed by atoms with E-state index in [1.807, 2.05) is 24.3 Å². The highest BCUT2D eigenvalue weighted by molar-refractivity contribution is 9.10. The van der Waals surface area contributed by atoms with Crippen molar-refractivity contribution in [2.45, 2.75) is 13.3 Å². The number of carbonyl (C=O) groups is 1. The average Bonchev–Trinajstić information content (AvgIpc) is 3.20. The van der Waals surface area contributed by atoms with Gasteiger partial charge in [0.2, 0.25) is 11.0 Å². The molecule has 0 unspecified atom stereocenters. The van der Waals surface area contributed by atoms with Crippen molar-refractivity contribution in [3.05, 3.63) is 45.5 Å². The molecule has 0 saturated heterocycles. The van der Waals surface area contributed by atoms with E-state index in [1.54, 1.807) is 12.3 Å². The molecule has 0 spiro atoms. The molecular weight excluding hydrogens is 422 g/mol. The van der Waals surface area contributed by atoms with Crippen molar-refractivity contribution in [3.63, 3.8) is 0 Å². The van der Waals surface area contributed by atoms with Crippen LogP contribution < -0.4 is 0 Å². The Labute approximate surface area is 161 Å². The number of esters is 1. The summed E-state index contributed by atoms with van der Waals surface area (Å²) in [5.74, 6) is -0.366. The number of benzene rings is 1. The van der Waals surface area contributed by atoms with Crippen LogP contribution in [0.15, 0.2) is 43.5 Å². The predicted octanol–water partition coefficient (Wildman–Crippen LogP) is 4.12. The monoisotopic (exact) mass is 435 g/mol. The van der Waals surface area contributed by atoms with E-state index in [9.17, 15) is 9.90 Å². The van der Waals surface area contributed by atoms with Crippen LogP contribution in [0.1, 0.15) is 18.3 Å². The molecule has 7 nitrogen and oxygen atoms in total.